The van der Waals surface area contributed by atoms with Crippen LogP contribution in [0.4, 0.5) is 4.39 Å². The maximum atomic E-state index is 14.0. The first-order valence-electron chi connectivity index (χ1n) is 7.77. The normalized spacial score (nSPS) is 11.0. The summed E-state index contributed by atoms with van der Waals surface area (Å²) in [4.78, 5) is 15.2. The van der Waals surface area contributed by atoms with Gasteiger partial charge in [0.25, 0.3) is 5.91 Å². The molecule has 0 aliphatic rings. The summed E-state index contributed by atoms with van der Waals surface area (Å²) < 4.78 is 14.0. The molecule has 0 aliphatic heterocycles. The van der Waals surface area contributed by atoms with E-state index in [-0.39, 0.29) is 11.7 Å². The van der Waals surface area contributed by atoms with Crippen molar-refractivity contribution < 1.29 is 9.18 Å². The van der Waals surface area contributed by atoms with Gasteiger partial charge in [0.05, 0.1) is 5.52 Å². The number of aromatic amines is 1. The first kappa shape index (κ1) is 16.5. The molecule has 3 aromatic rings. The molecule has 3 rings (SSSR count). The van der Waals surface area contributed by atoms with Crippen molar-refractivity contribution in [3.63, 3.8) is 0 Å². The van der Waals surface area contributed by atoms with E-state index < -0.39 is 0 Å². The fraction of sp³-hybridized carbons (Fsp3) is 0.211. The molecule has 0 saturated carbocycles. The van der Waals surface area contributed by atoms with Crippen LogP contribution in [-0.4, -0.2) is 17.4 Å². The number of benzene rings is 2. The van der Waals surface area contributed by atoms with E-state index in [0.717, 1.165) is 22.2 Å². The van der Waals surface area contributed by atoms with E-state index in [4.69, 9.17) is 11.6 Å². The first-order chi connectivity index (χ1) is 11.5. The Morgan fingerprint density at radius 2 is 1.88 bits per heavy atom. The number of amides is 1. The molecule has 124 valence electrons. The Labute approximate surface area is 144 Å². The predicted octanol–water partition coefficient (Wildman–Crippen LogP) is 4.55. The average Bonchev–Trinajstić information content (AvgIpc) is 2.90. The second-order valence-electron chi connectivity index (χ2n) is 5.86. The van der Waals surface area contributed by atoms with Gasteiger partial charge in [0.1, 0.15) is 5.82 Å². The maximum Gasteiger partial charge on any atom is 0.251 e. The van der Waals surface area contributed by atoms with Gasteiger partial charge in [-0.1, -0.05) is 17.7 Å². The maximum absolute atomic E-state index is 14.0. The molecule has 2 N–H and O–H groups in total. The highest BCUT2D eigenvalue weighted by Crippen LogP contribution is 2.27. The van der Waals surface area contributed by atoms with Crippen LogP contribution in [0.5, 0.6) is 0 Å². The molecule has 1 heterocycles. The van der Waals surface area contributed by atoms with E-state index in [1.165, 1.54) is 6.07 Å². The number of carbonyl (C=O) groups excluding carboxylic acids is 1. The number of aromatic nitrogens is 1. The number of fused-ring (bicyclic) bond motifs is 1. The van der Waals surface area contributed by atoms with Gasteiger partial charge >= 0.3 is 0 Å². The monoisotopic (exact) mass is 344 g/mol. The zero-order chi connectivity index (χ0) is 17.3. The third kappa shape index (κ3) is 3.15. The van der Waals surface area contributed by atoms with Crippen molar-refractivity contribution in [2.45, 2.75) is 20.3 Å². The standard InChI is InChI=1S/C19H18ClFN2O/c1-11-3-8-16(21)18-17(11)15(12(2)23-18)9-10-22-19(24)13-4-6-14(20)7-5-13/h3-8,23H,9-10H2,1-2H3,(H,22,24). The highest BCUT2D eigenvalue weighted by molar-refractivity contribution is 6.30. The average molecular weight is 345 g/mol. The smallest absolute Gasteiger partial charge is 0.251 e. The van der Waals surface area contributed by atoms with Gasteiger partial charge in [0.2, 0.25) is 0 Å². The summed E-state index contributed by atoms with van der Waals surface area (Å²) in [6.45, 7) is 4.37. The van der Waals surface area contributed by atoms with Crippen molar-refractivity contribution >= 4 is 28.4 Å². The molecule has 0 saturated heterocycles. The molecule has 0 spiro atoms. The minimum atomic E-state index is -0.254. The Morgan fingerprint density at radius 3 is 2.58 bits per heavy atom. The Balaban J connectivity index is 1.74. The minimum Gasteiger partial charge on any atom is -0.356 e. The largest absolute Gasteiger partial charge is 0.356 e. The fourth-order valence-corrected chi connectivity index (χ4v) is 3.09. The lowest BCUT2D eigenvalue weighted by atomic mass is 10.0. The zero-order valence-electron chi connectivity index (χ0n) is 13.5. The van der Waals surface area contributed by atoms with Gasteiger partial charge in [0.15, 0.2) is 0 Å². The molecule has 24 heavy (non-hydrogen) atoms. The molecular weight excluding hydrogens is 327 g/mol. The summed E-state index contributed by atoms with van der Waals surface area (Å²) >= 11 is 5.82. The van der Waals surface area contributed by atoms with E-state index in [9.17, 15) is 9.18 Å². The van der Waals surface area contributed by atoms with Crippen molar-refractivity contribution in [1.29, 1.82) is 0 Å². The van der Waals surface area contributed by atoms with E-state index in [1.54, 1.807) is 30.3 Å². The Hall–Kier alpha value is -2.33. The second-order valence-corrected chi connectivity index (χ2v) is 6.29. The quantitative estimate of drug-likeness (QED) is 0.716. The van der Waals surface area contributed by atoms with Gasteiger partial charge in [-0.15, -0.1) is 0 Å². The molecule has 0 unspecified atom stereocenters. The molecule has 0 aliphatic carbocycles. The number of nitrogens with one attached hydrogen (secondary N) is 2. The van der Waals surface area contributed by atoms with E-state index in [2.05, 4.69) is 10.3 Å². The Bertz CT molecular complexity index is 900. The summed E-state index contributed by atoms with van der Waals surface area (Å²) in [5, 5.41) is 4.40. The molecule has 1 amide bonds. The second kappa shape index (κ2) is 6.65. The van der Waals surface area contributed by atoms with Gasteiger partial charge < -0.3 is 10.3 Å². The lowest BCUT2D eigenvalue weighted by Gasteiger charge is -2.07. The lowest BCUT2D eigenvalue weighted by molar-refractivity contribution is 0.0954. The summed E-state index contributed by atoms with van der Waals surface area (Å²) in [5.41, 5.74) is 4.09. The van der Waals surface area contributed by atoms with Crippen LogP contribution in [0.3, 0.4) is 0 Å². The molecule has 0 fully saturated rings. The number of hydrogen-bond donors (Lipinski definition) is 2. The van der Waals surface area contributed by atoms with Crippen LogP contribution in [0.2, 0.25) is 5.02 Å². The summed E-state index contributed by atoms with van der Waals surface area (Å²) in [6, 6.07) is 10.0. The lowest BCUT2D eigenvalue weighted by Crippen LogP contribution is -2.25. The van der Waals surface area contributed by atoms with Gasteiger partial charge in [-0.2, -0.15) is 0 Å². The van der Waals surface area contributed by atoms with E-state index in [1.807, 2.05) is 13.8 Å². The van der Waals surface area contributed by atoms with Crippen LogP contribution in [0.15, 0.2) is 36.4 Å². The number of aryl methyl sites for hydroxylation is 2. The first-order valence-corrected chi connectivity index (χ1v) is 8.15. The Morgan fingerprint density at radius 1 is 1.17 bits per heavy atom. The van der Waals surface area contributed by atoms with Crippen LogP contribution in [-0.2, 0) is 6.42 Å². The summed E-state index contributed by atoms with van der Waals surface area (Å²) in [5.74, 6) is -0.401. The fourth-order valence-electron chi connectivity index (χ4n) is 2.96. The van der Waals surface area contributed by atoms with Crippen molar-refractivity contribution in [2.75, 3.05) is 6.54 Å². The highest BCUT2D eigenvalue weighted by atomic mass is 35.5. The highest BCUT2D eigenvalue weighted by Gasteiger charge is 2.14. The predicted molar refractivity (Wildman–Crippen MR) is 95.2 cm³/mol. The van der Waals surface area contributed by atoms with Gasteiger partial charge in [-0.25, -0.2) is 4.39 Å². The van der Waals surface area contributed by atoms with Crippen LogP contribution in [0.1, 0.15) is 27.2 Å². The molecule has 0 radical (unpaired) electrons. The topological polar surface area (TPSA) is 44.9 Å². The van der Waals surface area contributed by atoms with Crippen molar-refractivity contribution in [3.8, 4) is 0 Å². The van der Waals surface area contributed by atoms with Crippen LogP contribution < -0.4 is 5.32 Å². The van der Waals surface area contributed by atoms with Crippen LogP contribution in [0, 0.1) is 19.7 Å². The van der Waals surface area contributed by atoms with Crippen molar-refractivity contribution in [2.24, 2.45) is 0 Å². The summed E-state index contributed by atoms with van der Waals surface area (Å²) in [7, 11) is 0. The third-order valence-electron chi connectivity index (χ3n) is 4.20. The van der Waals surface area contributed by atoms with Crippen molar-refractivity contribution in [3.05, 3.63) is 69.6 Å². The number of hydrogen-bond acceptors (Lipinski definition) is 1. The summed E-state index contributed by atoms with van der Waals surface area (Å²) in [6.07, 6.45) is 0.634. The van der Waals surface area contributed by atoms with Crippen LogP contribution in [0.25, 0.3) is 10.9 Å². The molecule has 3 nitrogen and oxygen atoms in total. The SMILES string of the molecule is Cc1[nH]c2c(F)ccc(C)c2c1CCNC(=O)c1ccc(Cl)cc1. The van der Waals surface area contributed by atoms with Gasteiger partial charge in [-0.05, 0) is 61.7 Å². The Kier molecular flexibility index (Phi) is 4.58. The number of carbonyl (C=O) groups is 1. The molecular formula is C19H18ClFN2O. The molecule has 2 aromatic carbocycles. The third-order valence-corrected chi connectivity index (χ3v) is 4.45. The molecule has 1 aromatic heterocycles. The van der Waals surface area contributed by atoms with E-state index >= 15 is 0 Å². The van der Waals surface area contributed by atoms with Gasteiger partial charge in [0, 0.05) is 28.2 Å². The number of rotatable bonds is 4. The number of H-pyrrole nitrogens is 1. The molecule has 5 heteroatoms. The van der Waals surface area contributed by atoms with Crippen molar-refractivity contribution in [1.82, 2.24) is 10.3 Å². The van der Waals surface area contributed by atoms with Crippen LogP contribution >= 0.6 is 11.6 Å². The minimum absolute atomic E-state index is 0.146. The zero-order valence-corrected chi connectivity index (χ0v) is 14.3. The molecule has 0 atom stereocenters. The number of halogens is 2. The molecule has 0 bridgehead atoms. The van der Waals surface area contributed by atoms with E-state index in [0.29, 0.717) is 29.1 Å². The van der Waals surface area contributed by atoms with Gasteiger partial charge in [-0.3, -0.25) is 4.79 Å².